The van der Waals surface area contributed by atoms with Crippen LogP contribution in [-0.2, 0) is 20.8 Å². The summed E-state index contributed by atoms with van der Waals surface area (Å²) in [7, 11) is 0. The van der Waals surface area contributed by atoms with Gasteiger partial charge in [0.2, 0.25) is 0 Å². The first-order valence-corrected chi connectivity index (χ1v) is 10.2. The molecule has 0 spiro atoms. The van der Waals surface area contributed by atoms with Crippen LogP contribution in [0.15, 0.2) is 23.0 Å². The van der Waals surface area contributed by atoms with Gasteiger partial charge in [-0.15, -0.1) is 0 Å². The molecule has 2 aromatic rings. The molecule has 2 saturated heterocycles. The number of aromatic nitrogens is 1. The summed E-state index contributed by atoms with van der Waals surface area (Å²) in [5.74, 6) is -0.0343. The lowest BCUT2D eigenvalue weighted by molar-refractivity contribution is -0.143. The number of H-pyrrole nitrogens is 1. The van der Waals surface area contributed by atoms with Crippen LogP contribution in [-0.4, -0.2) is 47.8 Å². The number of carbonyl (C=O) groups excluding carboxylic acids is 1. The van der Waals surface area contributed by atoms with Crippen LogP contribution in [0.1, 0.15) is 42.4 Å². The predicted octanol–water partition coefficient (Wildman–Crippen LogP) is 2.83. The van der Waals surface area contributed by atoms with Crippen LogP contribution < -0.4 is 5.56 Å². The summed E-state index contributed by atoms with van der Waals surface area (Å²) in [5, 5.41) is 0.994. The number of benzene rings is 1. The molecule has 1 aromatic carbocycles. The molecule has 1 N–H and O–H groups in total. The first-order chi connectivity index (χ1) is 13.5. The predicted molar refractivity (Wildman–Crippen MR) is 107 cm³/mol. The number of aryl methyl sites for hydroxylation is 2. The zero-order chi connectivity index (χ0) is 19.7. The molecular formula is C22H28N2O4. The van der Waals surface area contributed by atoms with Gasteiger partial charge in [-0.05, 0) is 62.6 Å². The van der Waals surface area contributed by atoms with Crippen LogP contribution in [0.25, 0.3) is 10.9 Å². The number of hydrogen-bond acceptors (Lipinski definition) is 4. The third-order valence-corrected chi connectivity index (χ3v) is 5.70. The van der Waals surface area contributed by atoms with Crippen molar-refractivity contribution in [1.29, 1.82) is 0 Å². The van der Waals surface area contributed by atoms with Gasteiger partial charge in [0.1, 0.15) is 6.10 Å². The van der Waals surface area contributed by atoms with Crippen LogP contribution >= 0.6 is 0 Å². The molecule has 28 heavy (non-hydrogen) atoms. The van der Waals surface area contributed by atoms with Crippen LogP contribution in [0.4, 0.5) is 0 Å². The fraction of sp³-hybridized carbons (Fsp3) is 0.545. The smallest absolute Gasteiger partial charge is 0.253 e. The third-order valence-electron chi connectivity index (χ3n) is 5.70. The number of amides is 1. The molecule has 6 heteroatoms. The Balaban J connectivity index is 1.64. The number of aromatic amines is 1. The van der Waals surface area contributed by atoms with Crippen molar-refractivity contribution >= 4 is 16.8 Å². The number of nitrogens with one attached hydrogen (secondary N) is 1. The number of ether oxygens (including phenoxy) is 2. The van der Waals surface area contributed by atoms with Crippen LogP contribution in [0.3, 0.4) is 0 Å². The van der Waals surface area contributed by atoms with Crippen molar-refractivity contribution < 1.29 is 14.3 Å². The summed E-state index contributed by atoms with van der Waals surface area (Å²) >= 11 is 0. The summed E-state index contributed by atoms with van der Waals surface area (Å²) in [4.78, 5) is 30.5. The number of carbonyl (C=O) groups is 1. The van der Waals surface area contributed by atoms with Gasteiger partial charge in [0.15, 0.2) is 0 Å². The maximum atomic E-state index is 13.1. The Bertz CT molecular complexity index is 924. The minimum Gasteiger partial charge on any atom is -0.376 e. The van der Waals surface area contributed by atoms with E-state index in [1.807, 2.05) is 19.9 Å². The summed E-state index contributed by atoms with van der Waals surface area (Å²) in [5.41, 5.74) is 3.51. The van der Waals surface area contributed by atoms with E-state index in [-0.39, 0.29) is 24.1 Å². The number of pyridine rings is 1. The lowest BCUT2D eigenvalue weighted by atomic mass is 10.0. The molecule has 1 amide bonds. The summed E-state index contributed by atoms with van der Waals surface area (Å²) in [6.07, 6.45) is 3.25. The van der Waals surface area contributed by atoms with Crippen molar-refractivity contribution in [2.75, 3.05) is 19.8 Å². The van der Waals surface area contributed by atoms with Gasteiger partial charge < -0.3 is 19.4 Å². The van der Waals surface area contributed by atoms with E-state index < -0.39 is 6.10 Å². The van der Waals surface area contributed by atoms with Gasteiger partial charge in [-0.25, -0.2) is 0 Å². The number of fused-ring (bicyclic) bond motifs is 1. The lowest BCUT2D eigenvalue weighted by Gasteiger charge is -2.27. The summed E-state index contributed by atoms with van der Waals surface area (Å²) < 4.78 is 11.4. The molecular weight excluding hydrogens is 356 g/mol. The molecule has 150 valence electrons. The van der Waals surface area contributed by atoms with E-state index in [2.05, 4.69) is 17.1 Å². The molecule has 0 unspecified atom stereocenters. The maximum Gasteiger partial charge on any atom is 0.253 e. The molecule has 2 aliphatic heterocycles. The molecule has 2 fully saturated rings. The van der Waals surface area contributed by atoms with Crippen molar-refractivity contribution in [3.63, 3.8) is 0 Å². The summed E-state index contributed by atoms with van der Waals surface area (Å²) in [6.45, 7) is 6.18. The number of rotatable bonds is 5. The number of hydrogen-bond donors (Lipinski definition) is 1. The molecule has 3 heterocycles. The quantitative estimate of drug-likeness (QED) is 0.860. The Morgan fingerprint density at radius 1 is 1.14 bits per heavy atom. The molecule has 4 rings (SSSR count). The largest absolute Gasteiger partial charge is 0.376 e. The van der Waals surface area contributed by atoms with E-state index in [0.29, 0.717) is 18.7 Å². The monoisotopic (exact) mass is 384 g/mol. The molecule has 0 saturated carbocycles. The maximum absolute atomic E-state index is 13.1. The second-order valence-corrected chi connectivity index (χ2v) is 8.03. The SMILES string of the molecule is Cc1cc(C)c2[nH]c(=O)c(CN(C[C@H]3CCCO3)C(=O)[C@@H]3CCCO3)cc2c1. The average molecular weight is 384 g/mol. The molecule has 1 aromatic heterocycles. The lowest BCUT2D eigenvalue weighted by Crippen LogP contribution is -2.43. The Kier molecular flexibility index (Phi) is 5.51. The Morgan fingerprint density at radius 2 is 1.93 bits per heavy atom. The van der Waals surface area contributed by atoms with E-state index in [9.17, 15) is 9.59 Å². The Morgan fingerprint density at radius 3 is 2.64 bits per heavy atom. The molecule has 0 radical (unpaired) electrons. The Hall–Kier alpha value is -2.18. The van der Waals surface area contributed by atoms with Crippen molar-refractivity contribution in [3.8, 4) is 0 Å². The summed E-state index contributed by atoms with van der Waals surface area (Å²) in [6, 6.07) is 6.04. The molecule has 6 nitrogen and oxygen atoms in total. The van der Waals surface area contributed by atoms with Crippen LogP contribution in [0, 0.1) is 13.8 Å². The van der Waals surface area contributed by atoms with Crippen molar-refractivity contribution in [1.82, 2.24) is 9.88 Å². The van der Waals surface area contributed by atoms with Gasteiger partial charge in [0.05, 0.1) is 18.2 Å². The van der Waals surface area contributed by atoms with E-state index in [1.54, 1.807) is 4.90 Å². The van der Waals surface area contributed by atoms with Crippen molar-refractivity contribution in [2.24, 2.45) is 0 Å². The highest BCUT2D eigenvalue weighted by atomic mass is 16.5. The fourth-order valence-electron chi connectivity index (χ4n) is 4.30. The highest BCUT2D eigenvalue weighted by Gasteiger charge is 2.31. The van der Waals surface area contributed by atoms with Gasteiger partial charge >= 0.3 is 0 Å². The zero-order valence-corrected chi connectivity index (χ0v) is 16.6. The van der Waals surface area contributed by atoms with Crippen LogP contribution in [0.5, 0.6) is 0 Å². The van der Waals surface area contributed by atoms with Gasteiger partial charge in [-0.3, -0.25) is 9.59 Å². The molecule has 2 atom stereocenters. The number of nitrogens with zero attached hydrogens (tertiary/aromatic N) is 1. The second-order valence-electron chi connectivity index (χ2n) is 8.03. The average Bonchev–Trinajstić information content (AvgIpc) is 3.35. The zero-order valence-electron chi connectivity index (χ0n) is 16.6. The van der Waals surface area contributed by atoms with Gasteiger partial charge in [0.25, 0.3) is 11.5 Å². The minimum absolute atomic E-state index is 0.0343. The van der Waals surface area contributed by atoms with E-state index >= 15 is 0 Å². The highest BCUT2D eigenvalue weighted by Crippen LogP contribution is 2.22. The molecule has 0 aliphatic carbocycles. The minimum atomic E-state index is -0.398. The first kappa shape index (κ1) is 19.2. The van der Waals surface area contributed by atoms with Gasteiger partial charge in [-0.1, -0.05) is 11.6 Å². The Labute approximate surface area is 164 Å². The first-order valence-electron chi connectivity index (χ1n) is 10.2. The van der Waals surface area contributed by atoms with E-state index in [1.165, 1.54) is 0 Å². The standard InChI is InChI=1S/C22H28N2O4/c1-14-9-15(2)20-16(10-14)11-17(21(25)23-20)12-24(13-18-5-3-7-27-18)22(26)19-6-4-8-28-19/h9-11,18-19H,3-8,12-13H2,1-2H3,(H,23,25)/t18-,19+/m1/s1. The topological polar surface area (TPSA) is 71.6 Å². The second kappa shape index (κ2) is 8.05. The van der Waals surface area contributed by atoms with Crippen molar-refractivity contribution in [2.45, 2.75) is 58.3 Å². The van der Waals surface area contributed by atoms with Gasteiger partial charge in [0, 0.05) is 25.3 Å². The highest BCUT2D eigenvalue weighted by molar-refractivity contribution is 5.83. The van der Waals surface area contributed by atoms with E-state index in [4.69, 9.17) is 9.47 Å². The fourth-order valence-corrected chi connectivity index (χ4v) is 4.30. The van der Waals surface area contributed by atoms with Gasteiger partial charge in [-0.2, -0.15) is 0 Å². The molecule has 0 bridgehead atoms. The van der Waals surface area contributed by atoms with E-state index in [0.717, 1.165) is 54.3 Å². The normalized spacial score (nSPS) is 22.1. The molecule has 2 aliphatic rings. The van der Waals surface area contributed by atoms with Crippen LogP contribution in [0.2, 0.25) is 0 Å². The van der Waals surface area contributed by atoms with Crippen molar-refractivity contribution in [3.05, 3.63) is 45.2 Å². The third kappa shape index (κ3) is 3.98.